The van der Waals surface area contributed by atoms with Crippen LogP contribution in [-0.2, 0) is 14.9 Å². The molecule has 0 spiro atoms. The Bertz CT molecular complexity index is 363. The van der Waals surface area contributed by atoms with Gasteiger partial charge >= 0.3 is 5.97 Å². The van der Waals surface area contributed by atoms with E-state index in [-0.39, 0.29) is 5.97 Å². The van der Waals surface area contributed by atoms with E-state index >= 15 is 0 Å². The molecule has 0 bridgehead atoms. The van der Waals surface area contributed by atoms with E-state index < -0.39 is 5.41 Å². The van der Waals surface area contributed by atoms with Gasteiger partial charge in [0.25, 0.3) is 0 Å². The number of carbonyl (C=O) groups is 1. The van der Waals surface area contributed by atoms with E-state index in [1.807, 2.05) is 0 Å². The molecule has 0 aromatic carbocycles. The van der Waals surface area contributed by atoms with E-state index in [9.17, 15) is 4.79 Å². The smallest absolute Gasteiger partial charge is 0.317 e. The average Bonchev–Trinajstić information content (AvgIpc) is 2.18. The van der Waals surface area contributed by atoms with Crippen LogP contribution in [0.25, 0.3) is 0 Å². The van der Waals surface area contributed by atoms with Gasteiger partial charge in [0.1, 0.15) is 10.6 Å². The number of rotatable bonds is 3. The second-order valence-electron chi connectivity index (χ2n) is 3.69. The second kappa shape index (κ2) is 4.62. The number of aromatic nitrogens is 1. The van der Waals surface area contributed by atoms with Crippen LogP contribution in [0.4, 0.5) is 0 Å². The molecule has 0 aliphatic rings. The third-order valence-electron chi connectivity index (χ3n) is 2.14. The summed E-state index contributed by atoms with van der Waals surface area (Å²) in [4.78, 5) is 15.8. The molecule has 0 saturated heterocycles. The minimum atomic E-state index is -0.763. The zero-order chi connectivity index (χ0) is 11.5. The first-order valence-corrected chi connectivity index (χ1v) is 5.16. The number of nitrogens with zero attached hydrogens (tertiary/aromatic N) is 1. The SMILES string of the molecule is CCOC(=O)C(C)(C)c1cccc(Cl)n1. The number of hydrogen-bond acceptors (Lipinski definition) is 3. The molecule has 0 aliphatic carbocycles. The Balaban J connectivity index is 2.99. The molecule has 0 unspecified atom stereocenters. The highest BCUT2D eigenvalue weighted by Gasteiger charge is 2.32. The normalized spacial score (nSPS) is 11.2. The van der Waals surface area contributed by atoms with E-state index in [4.69, 9.17) is 16.3 Å². The van der Waals surface area contributed by atoms with Crippen molar-refractivity contribution in [2.24, 2.45) is 0 Å². The van der Waals surface area contributed by atoms with Gasteiger partial charge in [0.05, 0.1) is 12.3 Å². The Labute approximate surface area is 94.4 Å². The second-order valence-corrected chi connectivity index (χ2v) is 4.08. The van der Waals surface area contributed by atoms with Crippen LogP contribution in [0.1, 0.15) is 26.5 Å². The fourth-order valence-corrected chi connectivity index (χ4v) is 1.34. The molecule has 0 aliphatic heterocycles. The summed E-state index contributed by atoms with van der Waals surface area (Å²) in [6.45, 7) is 5.68. The number of pyridine rings is 1. The molecule has 3 nitrogen and oxygen atoms in total. The van der Waals surface area contributed by atoms with Crippen molar-refractivity contribution in [1.29, 1.82) is 0 Å². The molecule has 4 heteroatoms. The number of carbonyl (C=O) groups excluding carboxylic acids is 1. The molecule has 82 valence electrons. The van der Waals surface area contributed by atoms with Crippen molar-refractivity contribution in [2.75, 3.05) is 6.61 Å². The Hall–Kier alpha value is -1.09. The first-order valence-electron chi connectivity index (χ1n) is 4.78. The van der Waals surface area contributed by atoms with Gasteiger partial charge in [-0.3, -0.25) is 4.79 Å². The maximum absolute atomic E-state index is 11.7. The van der Waals surface area contributed by atoms with Crippen LogP contribution < -0.4 is 0 Å². The quantitative estimate of drug-likeness (QED) is 0.589. The molecule has 1 aromatic rings. The molecular formula is C11H14ClNO2. The predicted octanol–water partition coefficient (Wildman–Crippen LogP) is 2.58. The van der Waals surface area contributed by atoms with Gasteiger partial charge in [-0.1, -0.05) is 17.7 Å². The molecule has 1 aromatic heterocycles. The fraction of sp³-hybridized carbons (Fsp3) is 0.455. The van der Waals surface area contributed by atoms with E-state index in [2.05, 4.69) is 4.98 Å². The van der Waals surface area contributed by atoms with Crippen molar-refractivity contribution in [3.8, 4) is 0 Å². The highest BCUT2D eigenvalue weighted by Crippen LogP contribution is 2.24. The predicted molar refractivity (Wildman–Crippen MR) is 58.9 cm³/mol. The molecule has 0 N–H and O–H groups in total. The number of ether oxygens (including phenoxy) is 1. The van der Waals surface area contributed by atoms with Crippen molar-refractivity contribution >= 4 is 17.6 Å². The van der Waals surface area contributed by atoms with Crippen LogP contribution in [0.15, 0.2) is 18.2 Å². The maximum atomic E-state index is 11.7. The molecule has 1 heterocycles. The molecule has 0 atom stereocenters. The zero-order valence-corrected chi connectivity index (χ0v) is 9.84. The Morgan fingerprint density at radius 2 is 2.20 bits per heavy atom. The Morgan fingerprint density at radius 3 is 2.73 bits per heavy atom. The van der Waals surface area contributed by atoms with Gasteiger partial charge in [-0.15, -0.1) is 0 Å². The van der Waals surface area contributed by atoms with Gasteiger partial charge in [0.2, 0.25) is 0 Å². The first kappa shape index (κ1) is 12.0. The summed E-state index contributed by atoms with van der Waals surface area (Å²) in [5.41, 5.74) is -0.144. The molecule has 15 heavy (non-hydrogen) atoms. The van der Waals surface area contributed by atoms with E-state index in [1.165, 1.54) is 0 Å². The lowest BCUT2D eigenvalue weighted by Crippen LogP contribution is -2.32. The molecule has 0 fully saturated rings. The van der Waals surface area contributed by atoms with Crippen molar-refractivity contribution in [2.45, 2.75) is 26.2 Å². The summed E-state index contributed by atoms with van der Waals surface area (Å²) in [6.07, 6.45) is 0. The van der Waals surface area contributed by atoms with Gasteiger partial charge in [0, 0.05) is 0 Å². The lowest BCUT2D eigenvalue weighted by Gasteiger charge is -2.21. The molecular weight excluding hydrogens is 214 g/mol. The van der Waals surface area contributed by atoms with Crippen molar-refractivity contribution < 1.29 is 9.53 Å². The molecule has 0 radical (unpaired) electrons. The van der Waals surface area contributed by atoms with Crippen LogP contribution >= 0.6 is 11.6 Å². The number of esters is 1. The van der Waals surface area contributed by atoms with Crippen molar-refractivity contribution in [3.05, 3.63) is 29.0 Å². The van der Waals surface area contributed by atoms with Gasteiger partial charge in [-0.25, -0.2) is 4.98 Å². The highest BCUT2D eigenvalue weighted by atomic mass is 35.5. The average molecular weight is 228 g/mol. The third-order valence-corrected chi connectivity index (χ3v) is 2.35. The summed E-state index contributed by atoms with van der Waals surface area (Å²) in [5.74, 6) is -0.292. The molecule has 1 rings (SSSR count). The van der Waals surface area contributed by atoms with E-state index in [0.29, 0.717) is 17.5 Å². The van der Waals surface area contributed by atoms with E-state index in [1.54, 1.807) is 39.0 Å². The van der Waals surface area contributed by atoms with Crippen LogP contribution in [0.2, 0.25) is 5.15 Å². The van der Waals surface area contributed by atoms with Crippen LogP contribution in [0.5, 0.6) is 0 Å². The zero-order valence-electron chi connectivity index (χ0n) is 9.08. The van der Waals surface area contributed by atoms with Gasteiger partial charge in [0.15, 0.2) is 0 Å². The number of halogens is 1. The Morgan fingerprint density at radius 1 is 1.53 bits per heavy atom. The highest BCUT2D eigenvalue weighted by molar-refractivity contribution is 6.29. The maximum Gasteiger partial charge on any atom is 0.317 e. The monoisotopic (exact) mass is 227 g/mol. The van der Waals surface area contributed by atoms with Crippen molar-refractivity contribution in [1.82, 2.24) is 4.98 Å². The largest absolute Gasteiger partial charge is 0.465 e. The van der Waals surface area contributed by atoms with Crippen LogP contribution in [0.3, 0.4) is 0 Å². The fourth-order valence-electron chi connectivity index (χ4n) is 1.17. The molecule has 0 amide bonds. The summed E-state index contributed by atoms with van der Waals surface area (Å²) in [7, 11) is 0. The lowest BCUT2D eigenvalue weighted by atomic mass is 9.89. The summed E-state index contributed by atoms with van der Waals surface area (Å²) >= 11 is 5.77. The topological polar surface area (TPSA) is 39.2 Å². The van der Waals surface area contributed by atoms with Gasteiger partial charge < -0.3 is 4.74 Å². The van der Waals surface area contributed by atoms with E-state index in [0.717, 1.165) is 0 Å². The molecule has 0 saturated carbocycles. The van der Waals surface area contributed by atoms with Crippen LogP contribution in [-0.4, -0.2) is 17.6 Å². The van der Waals surface area contributed by atoms with Crippen molar-refractivity contribution in [3.63, 3.8) is 0 Å². The summed E-state index contributed by atoms with van der Waals surface area (Å²) in [5, 5.41) is 0.380. The summed E-state index contributed by atoms with van der Waals surface area (Å²) < 4.78 is 4.98. The Kier molecular flexibility index (Phi) is 3.69. The lowest BCUT2D eigenvalue weighted by molar-refractivity contribution is -0.148. The van der Waals surface area contributed by atoms with Gasteiger partial charge in [-0.2, -0.15) is 0 Å². The summed E-state index contributed by atoms with van der Waals surface area (Å²) in [6, 6.07) is 5.21. The van der Waals surface area contributed by atoms with Crippen LogP contribution in [0, 0.1) is 0 Å². The van der Waals surface area contributed by atoms with Gasteiger partial charge in [-0.05, 0) is 32.9 Å². The standard InChI is InChI=1S/C11H14ClNO2/c1-4-15-10(14)11(2,3)8-6-5-7-9(12)13-8/h5-7H,4H2,1-3H3. The minimum absolute atomic E-state index is 0.292. The first-order chi connectivity index (χ1) is 6.98. The minimum Gasteiger partial charge on any atom is -0.465 e. The number of hydrogen-bond donors (Lipinski definition) is 0. The third kappa shape index (κ3) is 2.69.